The van der Waals surface area contributed by atoms with Crippen molar-refractivity contribution in [2.75, 3.05) is 13.1 Å². The van der Waals surface area contributed by atoms with E-state index in [1.54, 1.807) is 13.8 Å². The summed E-state index contributed by atoms with van der Waals surface area (Å²) >= 11 is 0. The molecule has 1 amide bonds. The van der Waals surface area contributed by atoms with Gasteiger partial charge in [-0.1, -0.05) is 12.1 Å². The van der Waals surface area contributed by atoms with Crippen LogP contribution in [0.15, 0.2) is 9.42 Å². The summed E-state index contributed by atoms with van der Waals surface area (Å²) in [4.78, 5) is 11.0. The molecule has 0 radical (unpaired) electrons. The second kappa shape index (κ2) is 5.96. The molecule has 0 atom stereocenters. The summed E-state index contributed by atoms with van der Waals surface area (Å²) in [7, 11) is -3.64. The van der Waals surface area contributed by atoms with Crippen molar-refractivity contribution in [3.05, 3.63) is 11.5 Å². The van der Waals surface area contributed by atoms with E-state index in [1.165, 1.54) is 6.92 Å². The number of rotatable bonds is 6. The minimum atomic E-state index is -3.64. The van der Waals surface area contributed by atoms with E-state index in [4.69, 9.17) is 4.52 Å². The van der Waals surface area contributed by atoms with Crippen LogP contribution in [0.1, 0.15) is 24.8 Å². The van der Waals surface area contributed by atoms with Crippen LogP contribution in [0.5, 0.6) is 0 Å². The monoisotopic (exact) mass is 275 g/mol. The number of sulfonamides is 1. The van der Waals surface area contributed by atoms with Crippen molar-refractivity contribution < 1.29 is 17.7 Å². The van der Waals surface area contributed by atoms with Crippen LogP contribution in [-0.4, -0.2) is 32.6 Å². The molecule has 0 bridgehead atoms. The maximum Gasteiger partial charge on any atom is 0.246 e. The standard InChI is InChI=1S/C10H17N3O4S/c1-4-9(14)11-5-6-12-18(15,16)10-7(2)13-17-8(10)3/h12H,4-6H2,1-3H3,(H,11,14). The predicted molar refractivity (Wildman–Crippen MR) is 64.5 cm³/mol. The zero-order valence-corrected chi connectivity index (χ0v) is 11.4. The molecule has 102 valence electrons. The Labute approximate surface area is 106 Å². The smallest absolute Gasteiger partial charge is 0.246 e. The van der Waals surface area contributed by atoms with Gasteiger partial charge in [-0.3, -0.25) is 4.79 Å². The molecular formula is C10H17N3O4S. The van der Waals surface area contributed by atoms with Crippen molar-refractivity contribution in [3.8, 4) is 0 Å². The minimum absolute atomic E-state index is 0.0596. The maximum absolute atomic E-state index is 11.9. The lowest BCUT2D eigenvalue weighted by Gasteiger charge is -2.06. The molecule has 2 N–H and O–H groups in total. The van der Waals surface area contributed by atoms with Gasteiger partial charge in [-0.25, -0.2) is 13.1 Å². The van der Waals surface area contributed by atoms with Crippen molar-refractivity contribution in [2.24, 2.45) is 0 Å². The lowest BCUT2D eigenvalue weighted by Crippen LogP contribution is -2.34. The molecule has 18 heavy (non-hydrogen) atoms. The van der Waals surface area contributed by atoms with E-state index < -0.39 is 10.0 Å². The zero-order valence-electron chi connectivity index (χ0n) is 10.6. The molecule has 0 fully saturated rings. The van der Waals surface area contributed by atoms with Crippen LogP contribution >= 0.6 is 0 Å². The number of nitrogens with one attached hydrogen (secondary N) is 2. The molecular weight excluding hydrogens is 258 g/mol. The largest absolute Gasteiger partial charge is 0.360 e. The highest BCUT2D eigenvalue weighted by Gasteiger charge is 2.23. The first-order valence-corrected chi connectivity index (χ1v) is 7.06. The highest BCUT2D eigenvalue weighted by Crippen LogP contribution is 2.17. The summed E-state index contributed by atoms with van der Waals surface area (Å²) in [5.41, 5.74) is 0.317. The van der Waals surface area contributed by atoms with E-state index in [1.807, 2.05) is 0 Å². The number of aryl methyl sites for hydroxylation is 2. The Morgan fingerprint density at radius 1 is 1.33 bits per heavy atom. The average Bonchev–Trinajstić information content (AvgIpc) is 2.64. The molecule has 0 aromatic carbocycles. The molecule has 0 saturated carbocycles. The number of hydrogen-bond acceptors (Lipinski definition) is 5. The summed E-state index contributed by atoms with van der Waals surface area (Å²) in [6.45, 7) is 5.19. The van der Waals surface area contributed by atoms with Crippen molar-refractivity contribution in [2.45, 2.75) is 32.1 Å². The van der Waals surface area contributed by atoms with Crippen LogP contribution in [0.4, 0.5) is 0 Å². The Hall–Kier alpha value is -1.41. The fourth-order valence-corrected chi connectivity index (χ4v) is 2.80. The van der Waals surface area contributed by atoms with Gasteiger partial charge < -0.3 is 9.84 Å². The maximum atomic E-state index is 11.9. The van der Waals surface area contributed by atoms with Gasteiger partial charge in [0.05, 0.1) is 0 Å². The lowest BCUT2D eigenvalue weighted by atomic mass is 10.4. The SMILES string of the molecule is CCC(=O)NCCNS(=O)(=O)c1c(C)noc1C. The quantitative estimate of drug-likeness (QED) is 0.717. The third-order valence-corrected chi connectivity index (χ3v) is 4.00. The van der Waals surface area contributed by atoms with Crippen LogP contribution in [0, 0.1) is 13.8 Å². The lowest BCUT2D eigenvalue weighted by molar-refractivity contribution is -0.120. The predicted octanol–water partition coefficient (Wildman–Crippen LogP) is 0.0959. The van der Waals surface area contributed by atoms with Gasteiger partial charge in [-0.05, 0) is 13.8 Å². The first-order valence-electron chi connectivity index (χ1n) is 5.57. The van der Waals surface area contributed by atoms with Gasteiger partial charge in [0.15, 0.2) is 5.76 Å². The molecule has 0 spiro atoms. The fourth-order valence-electron chi connectivity index (χ4n) is 1.44. The van der Waals surface area contributed by atoms with Gasteiger partial charge in [-0.15, -0.1) is 0 Å². The molecule has 1 rings (SSSR count). The molecule has 0 saturated heterocycles. The van der Waals surface area contributed by atoms with E-state index in [2.05, 4.69) is 15.2 Å². The fraction of sp³-hybridized carbons (Fsp3) is 0.600. The van der Waals surface area contributed by atoms with E-state index in [9.17, 15) is 13.2 Å². The molecule has 1 aromatic rings. The Balaban J connectivity index is 2.59. The highest BCUT2D eigenvalue weighted by molar-refractivity contribution is 7.89. The number of carbonyl (C=O) groups excluding carboxylic acids is 1. The molecule has 7 nitrogen and oxygen atoms in total. The molecule has 0 aliphatic carbocycles. The van der Waals surface area contributed by atoms with E-state index in [-0.39, 0.29) is 29.7 Å². The van der Waals surface area contributed by atoms with E-state index >= 15 is 0 Å². The van der Waals surface area contributed by atoms with Crippen molar-refractivity contribution >= 4 is 15.9 Å². The van der Waals surface area contributed by atoms with Gasteiger partial charge in [-0.2, -0.15) is 0 Å². The Kier molecular flexibility index (Phi) is 4.85. The molecule has 1 heterocycles. The summed E-state index contributed by atoms with van der Waals surface area (Å²) < 4.78 is 31.0. The third-order valence-electron chi connectivity index (χ3n) is 2.30. The summed E-state index contributed by atoms with van der Waals surface area (Å²) in [5, 5.41) is 6.16. The number of nitrogens with zero attached hydrogens (tertiary/aromatic N) is 1. The van der Waals surface area contributed by atoms with Crippen LogP contribution in [-0.2, 0) is 14.8 Å². The second-order valence-electron chi connectivity index (χ2n) is 3.75. The Morgan fingerprint density at radius 3 is 2.50 bits per heavy atom. The van der Waals surface area contributed by atoms with Gasteiger partial charge >= 0.3 is 0 Å². The van der Waals surface area contributed by atoms with Crippen LogP contribution in [0.3, 0.4) is 0 Å². The Morgan fingerprint density at radius 2 is 2.00 bits per heavy atom. The van der Waals surface area contributed by atoms with Crippen LogP contribution in [0.2, 0.25) is 0 Å². The first kappa shape index (κ1) is 14.7. The Bertz CT molecular complexity index is 502. The zero-order chi connectivity index (χ0) is 13.8. The van der Waals surface area contributed by atoms with E-state index in [0.717, 1.165) is 0 Å². The van der Waals surface area contributed by atoms with Crippen molar-refractivity contribution in [3.63, 3.8) is 0 Å². The average molecular weight is 275 g/mol. The summed E-state index contributed by atoms with van der Waals surface area (Å²) in [5.74, 6) is 0.129. The second-order valence-corrected chi connectivity index (χ2v) is 5.46. The van der Waals surface area contributed by atoms with E-state index in [0.29, 0.717) is 12.1 Å². The summed E-state index contributed by atoms with van der Waals surface area (Å²) in [6.07, 6.45) is 0.372. The topological polar surface area (TPSA) is 101 Å². The van der Waals surface area contributed by atoms with Gasteiger partial charge in [0, 0.05) is 19.5 Å². The first-order chi connectivity index (χ1) is 8.38. The number of aromatic nitrogens is 1. The van der Waals surface area contributed by atoms with Gasteiger partial charge in [0.2, 0.25) is 15.9 Å². The number of carbonyl (C=O) groups is 1. The molecule has 0 unspecified atom stereocenters. The van der Waals surface area contributed by atoms with Crippen LogP contribution in [0.25, 0.3) is 0 Å². The van der Waals surface area contributed by atoms with Gasteiger partial charge in [0.1, 0.15) is 10.6 Å². The number of amides is 1. The normalized spacial score (nSPS) is 11.5. The van der Waals surface area contributed by atoms with Crippen molar-refractivity contribution in [1.29, 1.82) is 0 Å². The van der Waals surface area contributed by atoms with Crippen LogP contribution < -0.4 is 10.0 Å². The molecule has 0 aliphatic heterocycles. The minimum Gasteiger partial charge on any atom is -0.360 e. The molecule has 1 aromatic heterocycles. The summed E-state index contributed by atoms with van der Waals surface area (Å²) in [6, 6.07) is 0. The van der Waals surface area contributed by atoms with Crippen molar-refractivity contribution in [1.82, 2.24) is 15.2 Å². The highest BCUT2D eigenvalue weighted by atomic mass is 32.2. The molecule has 0 aliphatic rings. The number of hydrogen-bond donors (Lipinski definition) is 2. The molecule has 8 heteroatoms. The third kappa shape index (κ3) is 3.54. The van der Waals surface area contributed by atoms with Gasteiger partial charge in [0.25, 0.3) is 0 Å².